The number of aromatic nitrogens is 2. The number of hydrogen-bond donors (Lipinski definition) is 1. The van der Waals surface area contributed by atoms with Crippen molar-refractivity contribution in [2.45, 2.75) is 19.9 Å². The van der Waals surface area contributed by atoms with Crippen LogP contribution in [0.1, 0.15) is 13.3 Å². The quantitative estimate of drug-likeness (QED) is 0.874. The number of thiophene rings is 1. The molecule has 0 saturated heterocycles. The number of halogens is 1. The Labute approximate surface area is 113 Å². The average Bonchev–Trinajstić information content (AvgIpc) is 2.68. The molecule has 0 spiro atoms. The molecule has 0 aromatic carbocycles. The molecule has 0 saturated carbocycles. The SMILES string of the molecule is CCCn1c(-c2ccc(Cl)s2)cc(=S)[nH]c1=O. The van der Waals surface area contributed by atoms with Crippen molar-refractivity contribution in [2.24, 2.45) is 0 Å². The maximum absolute atomic E-state index is 11.8. The van der Waals surface area contributed by atoms with Crippen molar-refractivity contribution >= 4 is 35.2 Å². The van der Waals surface area contributed by atoms with Gasteiger partial charge in [0.2, 0.25) is 0 Å². The highest BCUT2D eigenvalue weighted by Gasteiger charge is 2.08. The molecule has 0 amide bonds. The number of hydrogen-bond acceptors (Lipinski definition) is 3. The smallest absolute Gasteiger partial charge is 0.298 e. The topological polar surface area (TPSA) is 37.8 Å². The molecule has 0 unspecified atom stereocenters. The number of rotatable bonds is 3. The number of nitrogens with one attached hydrogen (secondary N) is 1. The Morgan fingerprint density at radius 1 is 1.53 bits per heavy atom. The lowest BCUT2D eigenvalue weighted by atomic mass is 10.3. The van der Waals surface area contributed by atoms with Crippen LogP contribution >= 0.6 is 35.2 Å². The molecule has 1 N–H and O–H groups in total. The summed E-state index contributed by atoms with van der Waals surface area (Å²) >= 11 is 12.4. The molecule has 2 aromatic heterocycles. The second-order valence-corrected chi connectivity index (χ2v) is 5.73. The normalized spacial score (nSPS) is 10.7. The van der Waals surface area contributed by atoms with E-state index in [4.69, 9.17) is 23.8 Å². The van der Waals surface area contributed by atoms with Gasteiger partial charge in [0.1, 0.15) is 4.64 Å². The van der Waals surface area contributed by atoms with Gasteiger partial charge < -0.3 is 0 Å². The third-order valence-corrected chi connectivity index (χ3v) is 3.78. The standard InChI is InChI=1S/C11H11ClN2OS2/c1-2-5-14-7(6-10(16)13-11(14)15)8-3-4-9(12)17-8/h3-4,6H,2,5H2,1H3,(H,13,15,16). The van der Waals surface area contributed by atoms with Crippen LogP contribution in [-0.4, -0.2) is 9.55 Å². The second-order valence-electron chi connectivity index (χ2n) is 3.58. The van der Waals surface area contributed by atoms with Gasteiger partial charge in [0.25, 0.3) is 0 Å². The Hall–Kier alpha value is -0.910. The van der Waals surface area contributed by atoms with Crippen molar-refractivity contribution in [3.05, 3.63) is 37.7 Å². The number of H-pyrrole nitrogens is 1. The minimum Gasteiger partial charge on any atom is -0.298 e. The Morgan fingerprint density at radius 3 is 2.88 bits per heavy atom. The first-order chi connectivity index (χ1) is 8.11. The van der Waals surface area contributed by atoms with Gasteiger partial charge in [0.15, 0.2) is 0 Å². The lowest BCUT2D eigenvalue weighted by Crippen LogP contribution is -2.24. The fourth-order valence-electron chi connectivity index (χ4n) is 1.62. The van der Waals surface area contributed by atoms with Crippen molar-refractivity contribution in [1.29, 1.82) is 0 Å². The first kappa shape index (κ1) is 12.5. The fourth-order valence-corrected chi connectivity index (χ4v) is 2.89. The maximum Gasteiger partial charge on any atom is 0.326 e. The third kappa shape index (κ3) is 2.68. The van der Waals surface area contributed by atoms with Gasteiger partial charge in [-0.1, -0.05) is 30.7 Å². The van der Waals surface area contributed by atoms with Crippen LogP contribution in [0.25, 0.3) is 10.6 Å². The van der Waals surface area contributed by atoms with Crippen LogP contribution in [0, 0.1) is 4.64 Å². The van der Waals surface area contributed by atoms with E-state index >= 15 is 0 Å². The highest BCUT2D eigenvalue weighted by Crippen LogP contribution is 2.30. The van der Waals surface area contributed by atoms with Gasteiger partial charge in [-0.2, -0.15) is 0 Å². The molecule has 3 nitrogen and oxygen atoms in total. The van der Waals surface area contributed by atoms with Crippen LogP contribution in [0.3, 0.4) is 0 Å². The highest BCUT2D eigenvalue weighted by molar-refractivity contribution is 7.71. The van der Waals surface area contributed by atoms with Crippen LogP contribution in [0.15, 0.2) is 23.0 Å². The van der Waals surface area contributed by atoms with E-state index in [1.807, 2.05) is 19.1 Å². The molecule has 6 heteroatoms. The van der Waals surface area contributed by atoms with Gasteiger partial charge in [-0.05, 0) is 24.6 Å². The Kier molecular flexibility index (Phi) is 3.81. The van der Waals surface area contributed by atoms with Crippen molar-refractivity contribution in [3.8, 4) is 10.6 Å². The second kappa shape index (κ2) is 5.16. The predicted molar refractivity (Wildman–Crippen MR) is 74.5 cm³/mol. The zero-order valence-corrected chi connectivity index (χ0v) is 11.6. The molecule has 0 aliphatic rings. The van der Waals surface area contributed by atoms with Crippen molar-refractivity contribution < 1.29 is 0 Å². The molecule has 0 aliphatic heterocycles. The van der Waals surface area contributed by atoms with E-state index in [-0.39, 0.29) is 5.69 Å². The largest absolute Gasteiger partial charge is 0.326 e. The number of nitrogens with zero attached hydrogens (tertiary/aromatic N) is 1. The molecule has 0 aliphatic carbocycles. The van der Waals surface area contributed by atoms with E-state index in [0.29, 0.717) is 15.5 Å². The summed E-state index contributed by atoms with van der Waals surface area (Å²) in [7, 11) is 0. The van der Waals surface area contributed by atoms with E-state index in [1.54, 1.807) is 10.6 Å². The lowest BCUT2D eigenvalue weighted by molar-refractivity contribution is 0.642. The summed E-state index contributed by atoms with van der Waals surface area (Å²) < 4.78 is 2.84. The van der Waals surface area contributed by atoms with Gasteiger partial charge in [-0.15, -0.1) is 11.3 Å². The highest BCUT2D eigenvalue weighted by atomic mass is 35.5. The monoisotopic (exact) mass is 286 g/mol. The van der Waals surface area contributed by atoms with Gasteiger partial charge in [-0.3, -0.25) is 9.55 Å². The fraction of sp³-hybridized carbons (Fsp3) is 0.273. The molecule has 2 aromatic rings. The van der Waals surface area contributed by atoms with E-state index in [2.05, 4.69) is 4.98 Å². The summed E-state index contributed by atoms with van der Waals surface area (Å²) in [6.07, 6.45) is 0.886. The van der Waals surface area contributed by atoms with Crippen LogP contribution in [0.5, 0.6) is 0 Å². The third-order valence-electron chi connectivity index (χ3n) is 2.31. The minimum atomic E-state index is -0.168. The molecular formula is C11H11ClN2OS2. The van der Waals surface area contributed by atoms with E-state index < -0.39 is 0 Å². The van der Waals surface area contributed by atoms with E-state index in [9.17, 15) is 4.79 Å². The molecule has 0 atom stereocenters. The summed E-state index contributed by atoms with van der Waals surface area (Å²) in [6, 6.07) is 5.53. The maximum atomic E-state index is 11.8. The van der Waals surface area contributed by atoms with E-state index in [1.165, 1.54) is 11.3 Å². The molecule has 0 bridgehead atoms. The Bertz CT molecular complexity index is 641. The Balaban J connectivity index is 2.66. The van der Waals surface area contributed by atoms with Gasteiger partial charge in [0.05, 0.1) is 14.9 Å². The first-order valence-electron chi connectivity index (χ1n) is 5.21. The summed E-state index contributed by atoms with van der Waals surface area (Å²) in [6.45, 7) is 2.69. The van der Waals surface area contributed by atoms with Crippen molar-refractivity contribution in [1.82, 2.24) is 9.55 Å². The summed E-state index contributed by atoms with van der Waals surface area (Å²) in [5, 5.41) is 0. The summed E-state index contributed by atoms with van der Waals surface area (Å²) in [5.74, 6) is 0. The summed E-state index contributed by atoms with van der Waals surface area (Å²) in [5.41, 5.74) is 0.663. The van der Waals surface area contributed by atoms with Crippen LogP contribution in [0.2, 0.25) is 4.34 Å². The predicted octanol–water partition coefficient (Wildman–Crippen LogP) is 3.70. The number of aromatic amines is 1. The van der Waals surface area contributed by atoms with Gasteiger partial charge in [-0.25, -0.2) is 4.79 Å². The zero-order chi connectivity index (χ0) is 12.4. The molecule has 2 heterocycles. The summed E-state index contributed by atoms with van der Waals surface area (Å²) in [4.78, 5) is 15.4. The van der Waals surface area contributed by atoms with Crippen LogP contribution < -0.4 is 5.69 Å². The van der Waals surface area contributed by atoms with Crippen LogP contribution in [-0.2, 0) is 6.54 Å². The molecule has 2 rings (SSSR count). The first-order valence-corrected chi connectivity index (χ1v) is 6.82. The van der Waals surface area contributed by atoms with Gasteiger partial charge >= 0.3 is 5.69 Å². The zero-order valence-electron chi connectivity index (χ0n) is 9.20. The molecule has 0 radical (unpaired) electrons. The Morgan fingerprint density at radius 2 is 2.29 bits per heavy atom. The van der Waals surface area contributed by atoms with Crippen molar-refractivity contribution in [2.75, 3.05) is 0 Å². The lowest BCUT2D eigenvalue weighted by Gasteiger charge is -2.09. The average molecular weight is 287 g/mol. The molecular weight excluding hydrogens is 276 g/mol. The van der Waals surface area contributed by atoms with E-state index in [0.717, 1.165) is 17.0 Å². The van der Waals surface area contributed by atoms with Crippen LogP contribution in [0.4, 0.5) is 0 Å². The van der Waals surface area contributed by atoms with Crippen molar-refractivity contribution in [3.63, 3.8) is 0 Å². The molecule has 90 valence electrons. The molecule has 0 fully saturated rings. The minimum absolute atomic E-state index is 0.168. The van der Waals surface area contributed by atoms with Gasteiger partial charge in [0, 0.05) is 6.54 Å². The molecule has 17 heavy (non-hydrogen) atoms.